The van der Waals surface area contributed by atoms with E-state index in [0.717, 1.165) is 29.3 Å². The molecule has 1 fully saturated rings. The fraction of sp³-hybridized carbons (Fsp3) is 0.529. The van der Waals surface area contributed by atoms with Gasteiger partial charge >= 0.3 is 0 Å². The molecular weight excluding hydrogens is 294 g/mol. The molecule has 0 bridgehead atoms. The zero-order chi connectivity index (χ0) is 15.7. The molecule has 1 aliphatic rings. The summed E-state index contributed by atoms with van der Waals surface area (Å²) in [6, 6.07) is 6.16. The van der Waals surface area contributed by atoms with Crippen molar-refractivity contribution in [3.63, 3.8) is 0 Å². The van der Waals surface area contributed by atoms with E-state index in [2.05, 4.69) is 42.9 Å². The van der Waals surface area contributed by atoms with Gasteiger partial charge in [-0.3, -0.25) is 4.79 Å². The summed E-state index contributed by atoms with van der Waals surface area (Å²) in [5.74, 6) is 1.89. The highest BCUT2D eigenvalue weighted by Crippen LogP contribution is 2.24. The monoisotopic (exact) mass is 317 g/mol. The molecule has 0 aliphatic carbocycles. The Morgan fingerprint density at radius 1 is 1.36 bits per heavy atom. The van der Waals surface area contributed by atoms with Gasteiger partial charge in [0, 0.05) is 13.1 Å². The maximum atomic E-state index is 12.4. The molecule has 0 spiro atoms. The van der Waals surface area contributed by atoms with Crippen molar-refractivity contribution >= 4 is 28.7 Å². The lowest BCUT2D eigenvalue weighted by Gasteiger charge is -2.34. The number of likely N-dealkylation sites (tertiary alicyclic amines) is 1. The molecule has 1 aromatic carbocycles. The number of imidazole rings is 1. The Labute approximate surface area is 135 Å². The number of piperidine rings is 1. The molecule has 0 radical (unpaired) electrons. The van der Waals surface area contributed by atoms with Gasteiger partial charge in [0.15, 0.2) is 5.16 Å². The Hall–Kier alpha value is -1.49. The number of fused-ring (bicyclic) bond motifs is 1. The van der Waals surface area contributed by atoms with Crippen LogP contribution in [0.5, 0.6) is 0 Å². The summed E-state index contributed by atoms with van der Waals surface area (Å²) in [6.45, 7) is 8.30. The number of nitrogens with one attached hydrogen (secondary N) is 1. The van der Waals surface area contributed by atoms with Crippen molar-refractivity contribution < 1.29 is 4.79 Å². The zero-order valence-electron chi connectivity index (χ0n) is 13.4. The summed E-state index contributed by atoms with van der Waals surface area (Å²) in [4.78, 5) is 22.2. The van der Waals surface area contributed by atoms with Gasteiger partial charge in [0.05, 0.1) is 16.8 Å². The molecule has 2 atom stereocenters. The number of rotatable bonds is 3. The quantitative estimate of drug-likeness (QED) is 0.882. The molecule has 1 aromatic heterocycles. The first-order chi connectivity index (χ1) is 10.5. The summed E-state index contributed by atoms with van der Waals surface area (Å²) in [7, 11) is 0. The predicted octanol–water partition coefficient (Wildman–Crippen LogP) is 3.47. The topological polar surface area (TPSA) is 49.0 Å². The Balaban J connectivity index is 1.62. The fourth-order valence-electron chi connectivity index (χ4n) is 3.26. The number of carbonyl (C=O) groups is 1. The second-order valence-corrected chi connectivity index (χ2v) is 7.56. The van der Waals surface area contributed by atoms with Crippen LogP contribution in [-0.2, 0) is 4.79 Å². The van der Waals surface area contributed by atoms with Gasteiger partial charge in [0.25, 0.3) is 0 Å². The van der Waals surface area contributed by atoms with Gasteiger partial charge in [-0.15, -0.1) is 0 Å². The van der Waals surface area contributed by atoms with Crippen molar-refractivity contribution in [2.24, 2.45) is 11.8 Å². The Kier molecular flexibility index (Phi) is 4.43. The van der Waals surface area contributed by atoms with Crippen molar-refractivity contribution in [2.75, 3.05) is 18.8 Å². The molecule has 118 valence electrons. The number of H-pyrrole nitrogens is 1. The molecule has 1 N–H and O–H groups in total. The van der Waals surface area contributed by atoms with Crippen LogP contribution in [0.4, 0.5) is 0 Å². The molecule has 22 heavy (non-hydrogen) atoms. The number of benzene rings is 1. The molecule has 0 unspecified atom stereocenters. The van der Waals surface area contributed by atoms with E-state index < -0.39 is 0 Å². The second-order valence-electron chi connectivity index (χ2n) is 6.60. The molecule has 2 heterocycles. The summed E-state index contributed by atoms with van der Waals surface area (Å²) in [6.07, 6.45) is 1.22. The standard InChI is InChI=1S/C17H23N3OS/c1-11-4-5-14-15(7-11)19-17(18-14)22-10-16(21)20-8-12(2)6-13(3)9-20/h4-5,7,12-13H,6,8-10H2,1-3H3,(H,18,19)/t12-,13-/m1/s1. The molecular formula is C17H23N3OS. The van der Waals surface area contributed by atoms with Crippen molar-refractivity contribution in [2.45, 2.75) is 32.3 Å². The molecule has 1 amide bonds. The highest BCUT2D eigenvalue weighted by Gasteiger charge is 2.25. The third kappa shape index (κ3) is 3.46. The third-order valence-electron chi connectivity index (χ3n) is 4.17. The van der Waals surface area contributed by atoms with E-state index in [1.165, 1.54) is 23.7 Å². The molecule has 0 saturated carbocycles. The van der Waals surface area contributed by atoms with Crippen molar-refractivity contribution in [3.8, 4) is 0 Å². The van der Waals surface area contributed by atoms with Crippen LogP contribution < -0.4 is 0 Å². The van der Waals surface area contributed by atoms with E-state index in [-0.39, 0.29) is 5.91 Å². The minimum absolute atomic E-state index is 0.222. The number of amides is 1. The maximum Gasteiger partial charge on any atom is 0.233 e. The third-order valence-corrected chi connectivity index (χ3v) is 5.03. The van der Waals surface area contributed by atoms with E-state index in [0.29, 0.717) is 17.6 Å². The number of aromatic nitrogens is 2. The van der Waals surface area contributed by atoms with Crippen LogP contribution in [0.2, 0.25) is 0 Å². The second kappa shape index (κ2) is 6.32. The fourth-order valence-corrected chi connectivity index (χ4v) is 4.04. The lowest BCUT2D eigenvalue weighted by atomic mass is 9.92. The van der Waals surface area contributed by atoms with Crippen LogP contribution in [0.3, 0.4) is 0 Å². The zero-order valence-corrected chi connectivity index (χ0v) is 14.2. The smallest absolute Gasteiger partial charge is 0.233 e. The van der Waals surface area contributed by atoms with E-state index >= 15 is 0 Å². The summed E-state index contributed by atoms with van der Waals surface area (Å²) >= 11 is 1.50. The van der Waals surface area contributed by atoms with Crippen LogP contribution >= 0.6 is 11.8 Å². The highest BCUT2D eigenvalue weighted by atomic mass is 32.2. The van der Waals surface area contributed by atoms with Crippen LogP contribution in [0.15, 0.2) is 23.4 Å². The summed E-state index contributed by atoms with van der Waals surface area (Å²) < 4.78 is 0. The first-order valence-corrected chi connectivity index (χ1v) is 8.87. The van der Waals surface area contributed by atoms with E-state index in [1.807, 2.05) is 11.0 Å². The van der Waals surface area contributed by atoms with Gasteiger partial charge < -0.3 is 9.88 Å². The van der Waals surface area contributed by atoms with Crippen LogP contribution in [0, 0.1) is 18.8 Å². The van der Waals surface area contributed by atoms with Crippen LogP contribution in [-0.4, -0.2) is 39.6 Å². The van der Waals surface area contributed by atoms with Crippen molar-refractivity contribution in [1.82, 2.24) is 14.9 Å². The minimum atomic E-state index is 0.222. The van der Waals surface area contributed by atoms with E-state index in [9.17, 15) is 4.79 Å². The van der Waals surface area contributed by atoms with Gasteiger partial charge in [-0.25, -0.2) is 4.98 Å². The van der Waals surface area contributed by atoms with Crippen molar-refractivity contribution in [3.05, 3.63) is 23.8 Å². The first-order valence-electron chi connectivity index (χ1n) is 7.88. The van der Waals surface area contributed by atoms with E-state index in [1.54, 1.807) is 0 Å². The van der Waals surface area contributed by atoms with Gasteiger partial charge in [-0.05, 0) is 42.9 Å². The molecule has 1 aliphatic heterocycles. The summed E-state index contributed by atoms with van der Waals surface area (Å²) in [5.41, 5.74) is 3.20. The lowest BCUT2D eigenvalue weighted by molar-refractivity contribution is -0.130. The Morgan fingerprint density at radius 2 is 2.09 bits per heavy atom. The van der Waals surface area contributed by atoms with Crippen LogP contribution in [0.25, 0.3) is 11.0 Å². The average Bonchev–Trinajstić information content (AvgIpc) is 2.85. The summed E-state index contributed by atoms with van der Waals surface area (Å²) in [5, 5.41) is 0.826. The van der Waals surface area contributed by atoms with Crippen LogP contribution in [0.1, 0.15) is 25.8 Å². The van der Waals surface area contributed by atoms with E-state index in [4.69, 9.17) is 0 Å². The van der Waals surface area contributed by atoms with Gasteiger partial charge in [0.1, 0.15) is 0 Å². The Morgan fingerprint density at radius 3 is 2.82 bits per heavy atom. The number of thioether (sulfide) groups is 1. The largest absolute Gasteiger partial charge is 0.341 e. The number of aromatic amines is 1. The Bertz CT molecular complexity index is 672. The molecule has 4 nitrogen and oxygen atoms in total. The molecule has 5 heteroatoms. The average molecular weight is 317 g/mol. The molecule has 1 saturated heterocycles. The lowest BCUT2D eigenvalue weighted by Crippen LogP contribution is -2.43. The van der Waals surface area contributed by atoms with Gasteiger partial charge in [-0.2, -0.15) is 0 Å². The van der Waals surface area contributed by atoms with Gasteiger partial charge in [-0.1, -0.05) is 31.7 Å². The highest BCUT2D eigenvalue weighted by molar-refractivity contribution is 7.99. The number of hydrogen-bond donors (Lipinski definition) is 1. The van der Waals surface area contributed by atoms with Gasteiger partial charge in [0.2, 0.25) is 5.91 Å². The SMILES string of the molecule is Cc1ccc2nc(SCC(=O)N3C[C@H](C)C[C@@H](C)C3)[nH]c2c1. The number of carbonyl (C=O) groups excluding carboxylic acids is 1. The molecule has 2 aromatic rings. The first kappa shape index (κ1) is 15.4. The number of aryl methyl sites for hydroxylation is 1. The minimum Gasteiger partial charge on any atom is -0.341 e. The maximum absolute atomic E-state index is 12.4. The number of nitrogens with zero attached hydrogens (tertiary/aromatic N) is 2. The normalized spacial score (nSPS) is 22.2. The predicted molar refractivity (Wildman–Crippen MR) is 91.1 cm³/mol. The number of hydrogen-bond acceptors (Lipinski definition) is 3. The molecule has 3 rings (SSSR count). The van der Waals surface area contributed by atoms with Crippen molar-refractivity contribution in [1.29, 1.82) is 0 Å².